The van der Waals surface area contributed by atoms with Gasteiger partial charge in [-0.25, -0.2) is 4.68 Å². The second-order valence-electron chi connectivity index (χ2n) is 6.48. The maximum atomic E-state index is 12.6. The number of anilines is 2. The number of amides is 2. The van der Waals surface area contributed by atoms with Gasteiger partial charge in [-0.2, -0.15) is 0 Å². The fourth-order valence-corrected chi connectivity index (χ4v) is 2.73. The monoisotopic (exact) mass is 393 g/mol. The summed E-state index contributed by atoms with van der Waals surface area (Å²) in [4.78, 5) is 24.9. The lowest BCUT2D eigenvalue weighted by Gasteiger charge is -2.10. The Labute approximate surface area is 168 Å². The summed E-state index contributed by atoms with van der Waals surface area (Å²) in [7, 11) is 0. The fourth-order valence-electron chi connectivity index (χ4n) is 2.73. The highest BCUT2D eigenvalue weighted by molar-refractivity contribution is 6.04. The zero-order chi connectivity index (χ0) is 20.8. The minimum atomic E-state index is -0.417. The summed E-state index contributed by atoms with van der Waals surface area (Å²) in [6.07, 6.45) is 0. The van der Waals surface area contributed by atoms with Crippen molar-refractivity contribution in [1.29, 1.82) is 0 Å². The SMILES string of the molecule is CCOc1ccccc1NC(=O)c1nnn(CC(=O)Nc2ccc(C)cc2)c1C. The van der Waals surface area contributed by atoms with Crippen LogP contribution in [0.2, 0.25) is 0 Å². The number of carbonyl (C=O) groups excluding carboxylic acids is 2. The van der Waals surface area contributed by atoms with Gasteiger partial charge < -0.3 is 15.4 Å². The van der Waals surface area contributed by atoms with E-state index in [4.69, 9.17) is 4.74 Å². The van der Waals surface area contributed by atoms with Crippen molar-refractivity contribution in [1.82, 2.24) is 15.0 Å². The predicted molar refractivity (Wildman–Crippen MR) is 110 cm³/mol. The molecule has 150 valence electrons. The lowest BCUT2D eigenvalue weighted by atomic mass is 10.2. The average molecular weight is 393 g/mol. The van der Waals surface area contributed by atoms with Gasteiger partial charge in [0.1, 0.15) is 12.3 Å². The number of hydrogen-bond acceptors (Lipinski definition) is 5. The Morgan fingerprint density at radius 2 is 1.76 bits per heavy atom. The molecule has 29 heavy (non-hydrogen) atoms. The van der Waals surface area contributed by atoms with Crippen LogP contribution in [-0.2, 0) is 11.3 Å². The van der Waals surface area contributed by atoms with Crippen LogP contribution in [0.5, 0.6) is 5.75 Å². The maximum absolute atomic E-state index is 12.6. The number of benzene rings is 2. The van der Waals surface area contributed by atoms with Gasteiger partial charge in [0.15, 0.2) is 5.69 Å². The summed E-state index contributed by atoms with van der Waals surface area (Å²) in [6, 6.07) is 14.6. The molecule has 3 rings (SSSR count). The highest BCUT2D eigenvalue weighted by Crippen LogP contribution is 2.24. The van der Waals surface area contributed by atoms with Crippen LogP contribution in [0.15, 0.2) is 48.5 Å². The van der Waals surface area contributed by atoms with Gasteiger partial charge >= 0.3 is 0 Å². The summed E-state index contributed by atoms with van der Waals surface area (Å²) in [5.41, 5.74) is 3.00. The van der Waals surface area contributed by atoms with Crippen LogP contribution in [-0.4, -0.2) is 33.4 Å². The van der Waals surface area contributed by atoms with E-state index in [1.165, 1.54) is 4.68 Å². The summed E-state index contributed by atoms with van der Waals surface area (Å²) >= 11 is 0. The second kappa shape index (κ2) is 9.01. The first-order valence-corrected chi connectivity index (χ1v) is 9.27. The average Bonchev–Trinajstić information content (AvgIpc) is 3.06. The molecule has 0 aliphatic heterocycles. The maximum Gasteiger partial charge on any atom is 0.278 e. The molecular weight excluding hydrogens is 370 g/mol. The molecule has 0 fully saturated rings. The molecule has 0 aliphatic rings. The van der Waals surface area contributed by atoms with Gasteiger partial charge in [-0.3, -0.25) is 9.59 Å². The molecule has 0 atom stereocenters. The number of nitrogens with one attached hydrogen (secondary N) is 2. The normalized spacial score (nSPS) is 10.4. The van der Waals surface area contributed by atoms with Crippen LogP contribution in [0, 0.1) is 13.8 Å². The molecule has 0 bridgehead atoms. The Bertz CT molecular complexity index is 1010. The van der Waals surface area contributed by atoms with Crippen molar-refractivity contribution in [2.45, 2.75) is 27.3 Å². The first-order valence-electron chi connectivity index (χ1n) is 9.27. The molecule has 3 aromatic rings. The van der Waals surface area contributed by atoms with Gasteiger partial charge in [-0.1, -0.05) is 35.0 Å². The van der Waals surface area contributed by atoms with Crippen LogP contribution in [0.25, 0.3) is 0 Å². The van der Waals surface area contributed by atoms with Crippen LogP contribution in [0.1, 0.15) is 28.7 Å². The van der Waals surface area contributed by atoms with Crippen molar-refractivity contribution < 1.29 is 14.3 Å². The Morgan fingerprint density at radius 1 is 1.03 bits per heavy atom. The van der Waals surface area contributed by atoms with Gasteiger partial charge in [0, 0.05) is 5.69 Å². The van der Waals surface area contributed by atoms with Crippen LogP contribution in [0.3, 0.4) is 0 Å². The van der Waals surface area contributed by atoms with Crippen molar-refractivity contribution in [3.8, 4) is 5.75 Å². The quantitative estimate of drug-likeness (QED) is 0.642. The van der Waals surface area contributed by atoms with E-state index in [0.717, 1.165) is 5.56 Å². The number of rotatable bonds is 7. The number of para-hydroxylation sites is 2. The third-order valence-corrected chi connectivity index (χ3v) is 4.26. The third-order valence-electron chi connectivity index (χ3n) is 4.26. The molecule has 0 saturated carbocycles. The summed E-state index contributed by atoms with van der Waals surface area (Å²) < 4.78 is 6.91. The predicted octanol–water partition coefficient (Wildman–Crippen LogP) is 3.18. The largest absolute Gasteiger partial charge is 0.492 e. The minimum Gasteiger partial charge on any atom is -0.492 e. The lowest BCUT2D eigenvalue weighted by Crippen LogP contribution is -2.21. The Kier molecular flexibility index (Phi) is 6.23. The summed E-state index contributed by atoms with van der Waals surface area (Å²) in [5, 5.41) is 13.5. The van der Waals surface area contributed by atoms with Crippen molar-refractivity contribution in [2.75, 3.05) is 17.2 Å². The topological polar surface area (TPSA) is 98.1 Å². The molecule has 2 N–H and O–H groups in total. The van der Waals surface area contributed by atoms with Crippen LogP contribution in [0.4, 0.5) is 11.4 Å². The van der Waals surface area contributed by atoms with E-state index in [1.807, 2.05) is 44.2 Å². The molecule has 8 nitrogen and oxygen atoms in total. The first kappa shape index (κ1) is 20.1. The number of nitrogens with zero attached hydrogens (tertiary/aromatic N) is 3. The van der Waals surface area contributed by atoms with Crippen molar-refractivity contribution in [2.24, 2.45) is 0 Å². The van der Waals surface area contributed by atoms with E-state index in [-0.39, 0.29) is 18.1 Å². The molecule has 0 saturated heterocycles. The molecule has 0 aliphatic carbocycles. The van der Waals surface area contributed by atoms with E-state index in [1.54, 1.807) is 25.1 Å². The smallest absolute Gasteiger partial charge is 0.278 e. The van der Waals surface area contributed by atoms with E-state index in [2.05, 4.69) is 20.9 Å². The van der Waals surface area contributed by atoms with E-state index < -0.39 is 5.91 Å². The highest BCUT2D eigenvalue weighted by atomic mass is 16.5. The molecule has 0 radical (unpaired) electrons. The Morgan fingerprint density at radius 3 is 2.48 bits per heavy atom. The molecule has 8 heteroatoms. The van der Waals surface area contributed by atoms with Crippen molar-refractivity contribution >= 4 is 23.2 Å². The lowest BCUT2D eigenvalue weighted by molar-refractivity contribution is -0.117. The van der Waals surface area contributed by atoms with Gasteiger partial charge in [-0.15, -0.1) is 5.10 Å². The van der Waals surface area contributed by atoms with E-state index >= 15 is 0 Å². The number of carbonyl (C=O) groups is 2. The van der Waals surface area contributed by atoms with Crippen LogP contribution >= 0.6 is 0 Å². The minimum absolute atomic E-state index is 0.0461. The summed E-state index contributed by atoms with van der Waals surface area (Å²) in [5.74, 6) is -0.0961. The Balaban J connectivity index is 1.68. The molecular formula is C21H23N5O3. The fraction of sp³-hybridized carbons (Fsp3) is 0.238. The number of hydrogen-bond donors (Lipinski definition) is 2. The molecule has 2 aromatic carbocycles. The standard InChI is InChI=1S/C21H23N5O3/c1-4-29-18-8-6-5-7-17(18)23-21(28)20-15(3)26(25-24-20)13-19(27)22-16-11-9-14(2)10-12-16/h5-12H,4,13H2,1-3H3,(H,22,27)(H,23,28). The zero-order valence-corrected chi connectivity index (χ0v) is 16.6. The van der Waals surface area contributed by atoms with Gasteiger partial charge in [0.25, 0.3) is 5.91 Å². The zero-order valence-electron chi connectivity index (χ0n) is 16.6. The molecule has 0 unspecified atom stereocenters. The molecule has 2 amide bonds. The second-order valence-corrected chi connectivity index (χ2v) is 6.48. The van der Waals surface area contributed by atoms with E-state index in [0.29, 0.717) is 29.4 Å². The van der Waals surface area contributed by atoms with Crippen molar-refractivity contribution in [3.05, 3.63) is 65.5 Å². The van der Waals surface area contributed by atoms with Crippen molar-refractivity contribution in [3.63, 3.8) is 0 Å². The van der Waals surface area contributed by atoms with Gasteiger partial charge in [0.2, 0.25) is 5.91 Å². The molecule has 1 heterocycles. The molecule has 1 aromatic heterocycles. The number of aromatic nitrogens is 3. The van der Waals surface area contributed by atoms with Crippen LogP contribution < -0.4 is 15.4 Å². The van der Waals surface area contributed by atoms with Gasteiger partial charge in [-0.05, 0) is 45.0 Å². The first-order chi connectivity index (χ1) is 14.0. The number of aryl methyl sites for hydroxylation is 1. The highest BCUT2D eigenvalue weighted by Gasteiger charge is 2.19. The Hall–Kier alpha value is -3.68. The summed E-state index contributed by atoms with van der Waals surface area (Å²) in [6.45, 7) is 5.98. The number of ether oxygens (including phenoxy) is 1. The van der Waals surface area contributed by atoms with Gasteiger partial charge in [0.05, 0.1) is 18.0 Å². The van der Waals surface area contributed by atoms with E-state index in [9.17, 15) is 9.59 Å². The third kappa shape index (κ3) is 4.98. The molecule has 0 spiro atoms.